The fourth-order valence-electron chi connectivity index (χ4n) is 3.01. The Morgan fingerprint density at radius 3 is 2.86 bits per heavy atom. The van der Waals surface area contributed by atoms with Gasteiger partial charge in [0.1, 0.15) is 11.5 Å². The van der Waals surface area contributed by atoms with E-state index in [1.54, 1.807) is 4.57 Å². The first-order valence-electron chi connectivity index (χ1n) is 7.44. The molecular weight excluding hydrogens is 268 g/mol. The van der Waals surface area contributed by atoms with E-state index >= 15 is 0 Å². The monoisotopic (exact) mass is 288 g/mol. The molecule has 112 valence electrons. The van der Waals surface area contributed by atoms with Gasteiger partial charge in [-0.1, -0.05) is 19.3 Å². The van der Waals surface area contributed by atoms with Crippen molar-refractivity contribution < 1.29 is 9.90 Å². The van der Waals surface area contributed by atoms with Crippen LogP contribution >= 0.6 is 0 Å². The SMILES string of the molecule is Cc1ncc(C(=O)O)n1Cc1ccn(C2CCCCC2)n1. The molecule has 2 aromatic rings. The largest absolute Gasteiger partial charge is 0.477 e. The molecule has 1 aliphatic carbocycles. The highest BCUT2D eigenvalue weighted by Gasteiger charge is 2.18. The quantitative estimate of drug-likeness (QED) is 0.938. The van der Waals surface area contributed by atoms with Gasteiger partial charge in [-0.15, -0.1) is 0 Å². The van der Waals surface area contributed by atoms with Crippen molar-refractivity contribution in [3.8, 4) is 0 Å². The first kappa shape index (κ1) is 13.9. The molecule has 0 atom stereocenters. The van der Waals surface area contributed by atoms with Crippen molar-refractivity contribution in [2.45, 2.75) is 51.6 Å². The predicted molar refractivity (Wildman–Crippen MR) is 77.4 cm³/mol. The Balaban J connectivity index is 1.78. The number of carbonyl (C=O) groups is 1. The summed E-state index contributed by atoms with van der Waals surface area (Å²) < 4.78 is 3.73. The summed E-state index contributed by atoms with van der Waals surface area (Å²) in [5.74, 6) is -0.262. The Hall–Kier alpha value is -2.11. The molecule has 21 heavy (non-hydrogen) atoms. The van der Waals surface area contributed by atoms with Crippen molar-refractivity contribution in [2.75, 3.05) is 0 Å². The molecule has 0 aromatic carbocycles. The van der Waals surface area contributed by atoms with Crippen LogP contribution in [0.2, 0.25) is 0 Å². The minimum absolute atomic E-state index is 0.208. The minimum atomic E-state index is -0.956. The number of rotatable bonds is 4. The van der Waals surface area contributed by atoms with Gasteiger partial charge in [-0.2, -0.15) is 5.10 Å². The van der Waals surface area contributed by atoms with Crippen molar-refractivity contribution in [3.05, 3.63) is 35.7 Å². The zero-order valence-electron chi connectivity index (χ0n) is 12.2. The van der Waals surface area contributed by atoms with E-state index in [0.29, 0.717) is 18.4 Å². The Morgan fingerprint density at radius 1 is 1.38 bits per heavy atom. The highest BCUT2D eigenvalue weighted by Crippen LogP contribution is 2.27. The third-order valence-corrected chi connectivity index (χ3v) is 4.21. The van der Waals surface area contributed by atoms with Crippen LogP contribution in [0.15, 0.2) is 18.5 Å². The third kappa shape index (κ3) is 2.84. The van der Waals surface area contributed by atoms with Crippen molar-refractivity contribution in [1.29, 1.82) is 0 Å². The lowest BCUT2D eigenvalue weighted by Crippen LogP contribution is -2.15. The highest BCUT2D eigenvalue weighted by atomic mass is 16.4. The number of hydrogen-bond acceptors (Lipinski definition) is 3. The van der Waals surface area contributed by atoms with Crippen LogP contribution in [0.25, 0.3) is 0 Å². The van der Waals surface area contributed by atoms with Crippen LogP contribution in [0, 0.1) is 6.92 Å². The van der Waals surface area contributed by atoms with Crippen LogP contribution in [0.5, 0.6) is 0 Å². The average molecular weight is 288 g/mol. The standard InChI is InChI=1S/C15H20N4O2/c1-11-16-9-14(15(20)21)18(11)10-12-7-8-19(17-12)13-5-3-2-4-6-13/h7-9,13H,2-6,10H2,1H3,(H,20,21). The Kier molecular flexibility index (Phi) is 3.77. The summed E-state index contributed by atoms with van der Waals surface area (Å²) in [7, 11) is 0. The molecule has 3 rings (SSSR count). The van der Waals surface area contributed by atoms with Crippen molar-refractivity contribution in [3.63, 3.8) is 0 Å². The van der Waals surface area contributed by atoms with E-state index < -0.39 is 5.97 Å². The van der Waals surface area contributed by atoms with Crippen LogP contribution in [-0.2, 0) is 6.54 Å². The maximum Gasteiger partial charge on any atom is 0.354 e. The minimum Gasteiger partial charge on any atom is -0.477 e. The summed E-state index contributed by atoms with van der Waals surface area (Å²) in [6, 6.07) is 2.47. The van der Waals surface area contributed by atoms with Crippen LogP contribution < -0.4 is 0 Å². The lowest BCUT2D eigenvalue weighted by molar-refractivity contribution is 0.0685. The number of aromatic nitrogens is 4. The first-order chi connectivity index (χ1) is 10.1. The average Bonchev–Trinajstić information content (AvgIpc) is 3.08. The highest BCUT2D eigenvalue weighted by molar-refractivity contribution is 5.85. The van der Waals surface area contributed by atoms with Gasteiger partial charge in [0.25, 0.3) is 0 Å². The van der Waals surface area contributed by atoms with E-state index in [1.165, 1.54) is 38.3 Å². The van der Waals surface area contributed by atoms with Gasteiger partial charge in [0.15, 0.2) is 0 Å². The van der Waals surface area contributed by atoms with Gasteiger partial charge < -0.3 is 9.67 Å². The van der Waals surface area contributed by atoms with Crippen molar-refractivity contribution in [1.82, 2.24) is 19.3 Å². The van der Waals surface area contributed by atoms with E-state index in [1.807, 2.05) is 23.9 Å². The Labute approximate surface area is 123 Å². The zero-order chi connectivity index (χ0) is 14.8. The maximum atomic E-state index is 11.2. The third-order valence-electron chi connectivity index (χ3n) is 4.21. The maximum absolute atomic E-state index is 11.2. The topological polar surface area (TPSA) is 72.9 Å². The second kappa shape index (κ2) is 5.71. The van der Waals surface area contributed by atoms with Crippen LogP contribution in [0.3, 0.4) is 0 Å². The summed E-state index contributed by atoms with van der Waals surface area (Å²) in [6.07, 6.45) is 9.64. The molecular formula is C15H20N4O2. The number of carboxylic acid groups (broad SMARTS) is 1. The second-order valence-corrected chi connectivity index (χ2v) is 5.66. The predicted octanol–water partition coefficient (Wildman–Crippen LogP) is 2.64. The first-order valence-corrected chi connectivity index (χ1v) is 7.44. The summed E-state index contributed by atoms with van der Waals surface area (Å²) in [5, 5.41) is 13.8. The summed E-state index contributed by atoms with van der Waals surface area (Å²) in [4.78, 5) is 15.3. The molecule has 0 aliphatic heterocycles. The summed E-state index contributed by atoms with van der Waals surface area (Å²) in [5.41, 5.74) is 1.09. The fraction of sp³-hybridized carbons (Fsp3) is 0.533. The van der Waals surface area contributed by atoms with Gasteiger partial charge in [0.05, 0.1) is 24.5 Å². The Bertz CT molecular complexity index is 638. The smallest absolute Gasteiger partial charge is 0.354 e. The number of imidazole rings is 1. The molecule has 1 aliphatic rings. The van der Waals surface area contributed by atoms with E-state index in [0.717, 1.165) is 5.69 Å². The molecule has 0 amide bonds. The fourth-order valence-corrected chi connectivity index (χ4v) is 3.01. The molecule has 1 N–H and O–H groups in total. The number of aromatic carboxylic acids is 1. The van der Waals surface area contributed by atoms with Gasteiger partial charge in [0, 0.05) is 6.20 Å². The van der Waals surface area contributed by atoms with Gasteiger partial charge in [0.2, 0.25) is 0 Å². The number of nitrogens with zero attached hydrogens (tertiary/aromatic N) is 4. The van der Waals surface area contributed by atoms with Crippen LogP contribution in [0.4, 0.5) is 0 Å². The van der Waals surface area contributed by atoms with E-state index in [-0.39, 0.29) is 5.69 Å². The molecule has 0 radical (unpaired) electrons. The molecule has 0 spiro atoms. The molecule has 2 aromatic heterocycles. The molecule has 0 bridgehead atoms. The molecule has 1 saturated carbocycles. The normalized spacial score (nSPS) is 16.2. The number of hydrogen-bond donors (Lipinski definition) is 1. The number of carboxylic acids is 1. The zero-order valence-corrected chi connectivity index (χ0v) is 12.2. The lowest BCUT2D eigenvalue weighted by Gasteiger charge is -2.21. The van der Waals surface area contributed by atoms with Crippen molar-refractivity contribution in [2.24, 2.45) is 0 Å². The van der Waals surface area contributed by atoms with E-state index in [4.69, 9.17) is 0 Å². The molecule has 6 heteroatoms. The number of aryl methyl sites for hydroxylation is 1. The molecule has 0 unspecified atom stereocenters. The molecule has 6 nitrogen and oxygen atoms in total. The van der Waals surface area contributed by atoms with E-state index in [2.05, 4.69) is 10.1 Å². The molecule has 1 fully saturated rings. The van der Waals surface area contributed by atoms with Gasteiger partial charge in [-0.3, -0.25) is 4.68 Å². The lowest BCUT2D eigenvalue weighted by atomic mass is 9.96. The summed E-state index contributed by atoms with van der Waals surface area (Å²) in [6.45, 7) is 2.26. The van der Waals surface area contributed by atoms with E-state index in [9.17, 15) is 9.90 Å². The van der Waals surface area contributed by atoms with Gasteiger partial charge in [-0.05, 0) is 25.8 Å². The Morgan fingerprint density at radius 2 is 2.14 bits per heavy atom. The molecule has 0 saturated heterocycles. The van der Waals surface area contributed by atoms with Gasteiger partial charge in [-0.25, -0.2) is 9.78 Å². The van der Waals surface area contributed by atoms with Crippen LogP contribution in [-0.4, -0.2) is 30.4 Å². The van der Waals surface area contributed by atoms with Gasteiger partial charge >= 0.3 is 5.97 Å². The second-order valence-electron chi connectivity index (χ2n) is 5.66. The molecule has 2 heterocycles. The van der Waals surface area contributed by atoms with Crippen LogP contribution in [0.1, 0.15) is 60.2 Å². The summed E-state index contributed by atoms with van der Waals surface area (Å²) >= 11 is 0. The van der Waals surface area contributed by atoms with Crippen molar-refractivity contribution >= 4 is 5.97 Å².